The van der Waals surface area contributed by atoms with Gasteiger partial charge < -0.3 is 4.74 Å². The van der Waals surface area contributed by atoms with E-state index in [9.17, 15) is 18.0 Å². The lowest BCUT2D eigenvalue weighted by Gasteiger charge is -2.27. The molecule has 1 aliphatic carbocycles. The summed E-state index contributed by atoms with van der Waals surface area (Å²) in [5, 5.41) is 3.16. The van der Waals surface area contributed by atoms with E-state index in [0.717, 1.165) is 22.3 Å². The number of ether oxygens (including phenoxy) is 1. The molecule has 1 N–H and O–H groups in total. The molecule has 0 saturated heterocycles. The van der Waals surface area contributed by atoms with Crippen LogP contribution >= 0.6 is 23.2 Å². The zero-order valence-corrected chi connectivity index (χ0v) is 21.2. The molecular formula is C28H20Cl2F3N3O2. The smallest absolute Gasteiger partial charge is 0.425 e. The van der Waals surface area contributed by atoms with Crippen molar-refractivity contribution in [2.45, 2.75) is 31.0 Å². The first-order chi connectivity index (χ1) is 18.2. The molecule has 0 aliphatic heterocycles. The Morgan fingerprint density at radius 3 is 2.50 bits per heavy atom. The molecule has 1 aliphatic rings. The van der Waals surface area contributed by atoms with Gasteiger partial charge >= 0.3 is 12.3 Å². The lowest BCUT2D eigenvalue weighted by atomic mass is 9.78. The number of rotatable bonds is 5. The van der Waals surface area contributed by atoms with E-state index in [0.29, 0.717) is 27.7 Å². The number of nitrogens with zero attached hydrogens (tertiary/aromatic N) is 2. The molecule has 0 radical (unpaired) electrons. The fraction of sp³-hybridized carbons (Fsp3) is 0.179. The first kappa shape index (κ1) is 26.0. The third-order valence-electron chi connectivity index (χ3n) is 6.32. The summed E-state index contributed by atoms with van der Waals surface area (Å²) >= 11 is 12.4. The highest BCUT2D eigenvalue weighted by Gasteiger charge is 2.43. The molecule has 1 amide bonds. The minimum Gasteiger partial charge on any atom is -0.436 e. The molecule has 0 fully saturated rings. The summed E-state index contributed by atoms with van der Waals surface area (Å²) in [5.74, 6) is -0.191. The maximum Gasteiger partial charge on any atom is 0.425 e. The summed E-state index contributed by atoms with van der Waals surface area (Å²) in [6.07, 6.45) is -6.75. The van der Waals surface area contributed by atoms with Crippen LogP contribution in [-0.2, 0) is 17.6 Å². The minimum atomic E-state index is -4.75. The number of hydrogen-bond donors (Lipinski definition) is 1. The molecule has 5 rings (SSSR count). The summed E-state index contributed by atoms with van der Waals surface area (Å²) in [6, 6.07) is 21.1. The molecular weight excluding hydrogens is 538 g/mol. The second-order valence-electron chi connectivity index (χ2n) is 8.84. The first-order valence-electron chi connectivity index (χ1n) is 11.7. The number of carbonyl (C=O) groups is 1. The summed E-state index contributed by atoms with van der Waals surface area (Å²) in [5.41, 5.74) is 4.57. The van der Waals surface area contributed by atoms with Gasteiger partial charge in [-0.2, -0.15) is 13.2 Å². The van der Waals surface area contributed by atoms with Crippen LogP contribution in [0.4, 0.5) is 23.9 Å². The summed E-state index contributed by atoms with van der Waals surface area (Å²) in [7, 11) is 0. The molecule has 3 aromatic carbocycles. The van der Waals surface area contributed by atoms with Crippen LogP contribution in [-0.4, -0.2) is 28.3 Å². The SMILES string of the molecule is O=C(Nc1ncc2c(n1)-c1ccccc1C(c1ccc(Cl)c(Cl)c1)C2)OC(Cc1ccccc1)C(F)(F)F. The van der Waals surface area contributed by atoms with Crippen molar-refractivity contribution >= 4 is 35.2 Å². The average molecular weight is 558 g/mol. The number of nitrogens with one attached hydrogen (secondary N) is 1. The van der Waals surface area contributed by atoms with Gasteiger partial charge in [-0.3, -0.25) is 5.32 Å². The van der Waals surface area contributed by atoms with E-state index in [1.54, 1.807) is 30.5 Å². The number of halogens is 5. The Kier molecular flexibility index (Phi) is 7.27. The topological polar surface area (TPSA) is 64.1 Å². The van der Waals surface area contributed by atoms with Gasteiger partial charge in [0.05, 0.1) is 15.7 Å². The van der Waals surface area contributed by atoms with E-state index in [4.69, 9.17) is 27.9 Å². The van der Waals surface area contributed by atoms with E-state index >= 15 is 0 Å². The Morgan fingerprint density at radius 2 is 1.76 bits per heavy atom. The standard InChI is InChI=1S/C28H20Cl2F3N3O2/c29-22-11-10-17(14-23(22)30)21-13-18-15-34-26(35-25(18)20-9-5-4-8-19(20)21)36-27(37)38-24(28(31,32)33)12-16-6-2-1-3-7-16/h1-11,14-15,21,24H,12-13H2,(H,34,35,36,37). The van der Waals surface area contributed by atoms with Crippen molar-refractivity contribution in [2.75, 3.05) is 5.32 Å². The minimum absolute atomic E-state index is 0.0358. The third-order valence-corrected chi connectivity index (χ3v) is 7.06. The Labute approximate surface area is 226 Å². The number of fused-ring (bicyclic) bond motifs is 3. The van der Waals surface area contributed by atoms with Crippen LogP contribution in [0.25, 0.3) is 11.3 Å². The largest absolute Gasteiger partial charge is 0.436 e. The van der Waals surface area contributed by atoms with Gasteiger partial charge in [0.15, 0.2) is 0 Å². The Balaban J connectivity index is 1.37. The van der Waals surface area contributed by atoms with Crippen LogP contribution in [0, 0.1) is 0 Å². The quantitative estimate of drug-likeness (QED) is 0.271. The number of amides is 1. The molecule has 1 aromatic heterocycles. The Bertz CT molecular complexity index is 1480. The van der Waals surface area contributed by atoms with Crippen molar-refractivity contribution in [3.63, 3.8) is 0 Å². The zero-order valence-electron chi connectivity index (χ0n) is 19.7. The van der Waals surface area contributed by atoms with E-state index in [2.05, 4.69) is 15.3 Å². The van der Waals surface area contributed by atoms with Crippen molar-refractivity contribution in [3.8, 4) is 11.3 Å². The Morgan fingerprint density at radius 1 is 1.03 bits per heavy atom. The summed E-state index contributed by atoms with van der Waals surface area (Å²) in [6.45, 7) is 0. The molecule has 2 unspecified atom stereocenters. The van der Waals surface area contributed by atoms with Crippen molar-refractivity contribution in [1.29, 1.82) is 0 Å². The molecule has 10 heteroatoms. The van der Waals surface area contributed by atoms with Crippen LogP contribution in [0.2, 0.25) is 10.0 Å². The average Bonchev–Trinajstić information content (AvgIpc) is 2.89. The van der Waals surface area contributed by atoms with E-state index < -0.39 is 24.8 Å². The van der Waals surface area contributed by atoms with Crippen LogP contribution in [0.3, 0.4) is 0 Å². The highest BCUT2D eigenvalue weighted by molar-refractivity contribution is 6.42. The molecule has 0 spiro atoms. The molecule has 5 nitrogen and oxygen atoms in total. The summed E-state index contributed by atoms with van der Waals surface area (Å²) < 4.78 is 45.5. The van der Waals surface area contributed by atoms with Gasteiger partial charge in [0, 0.05) is 24.1 Å². The maximum absolute atomic E-state index is 13.6. The van der Waals surface area contributed by atoms with E-state index in [-0.39, 0.29) is 11.9 Å². The van der Waals surface area contributed by atoms with Gasteiger partial charge in [0.25, 0.3) is 0 Å². The highest BCUT2D eigenvalue weighted by Crippen LogP contribution is 2.42. The van der Waals surface area contributed by atoms with Crippen molar-refractivity contribution < 1.29 is 22.7 Å². The number of anilines is 1. The second kappa shape index (κ2) is 10.6. The third kappa shape index (κ3) is 5.61. The molecule has 2 atom stereocenters. The first-order valence-corrected chi connectivity index (χ1v) is 12.4. The van der Waals surface area contributed by atoms with E-state index in [1.807, 2.05) is 36.4 Å². The van der Waals surface area contributed by atoms with Crippen LogP contribution in [0.5, 0.6) is 0 Å². The van der Waals surface area contributed by atoms with Gasteiger partial charge in [-0.15, -0.1) is 0 Å². The highest BCUT2D eigenvalue weighted by atomic mass is 35.5. The molecule has 194 valence electrons. The van der Waals surface area contributed by atoms with Crippen LogP contribution < -0.4 is 5.32 Å². The van der Waals surface area contributed by atoms with Gasteiger partial charge in [-0.1, -0.05) is 83.9 Å². The van der Waals surface area contributed by atoms with Gasteiger partial charge in [-0.05, 0) is 40.8 Å². The second-order valence-corrected chi connectivity index (χ2v) is 9.65. The molecule has 4 aromatic rings. The number of aromatic nitrogens is 2. The molecule has 0 saturated carbocycles. The van der Waals surface area contributed by atoms with Crippen LogP contribution in [0.15, 0.2) is 79.0 Å². The molecule has 38 heavy (non-hydrogen) atoms. The fourth-order valence-electron chi connectivity index (χ4n) is 4.52. The Hall–Kier alpha value is -3.62. The number of carbonyl (C=O) groups excluding carboxylic acids is 1. The maximum atomic E-state index is 13.6. The molecule has 1 heterocycles. The predicted octanol–water partition coefficient (Wildman–Crippen LogP) is 7.86. The lowest BCUT2D eigenvalue weighted by molar-refractivity contribution is -0.201. The van der Waals surface area contributed by atoms with Crippen molar-refractivity contribution in [2.24, 2.45) is 0 Å². The zero-order chi connectivity index (χ0) is 26.9. The normalized spacial score (nSPS) is 15.2. The van der Waals surface area contributed by atoms with Crippen molar-refractivity contribution in [3.05, 3.63) is 111 Å². The monoisotopic (exact) mass is 557 g/mol. The summed E-state index contributed by atoms with van der Waals surface area (Å²) in [4.78, 5) is 21.1. The van der Waals surface area contributed by atoms with Crippen molar-refractivity contribution in [1.82, 2.24) is 9.97 Å². The van der Waals surface area contributed by atoms with E-state index in [1.165, 1.54) is 12.1 Å². The predicted molar refractivity (Wildman–Crippen MR) is 140 cm³/mol. The number of benzene rings is 3. The molecule has 0 bridgehead atoms. The van der Waals surface area contributed by atoms with Gasteiger partial charge in [0.2, 0.25) is 12.1 Å². The van der Waals surface area contributed by atoms with Gasteiger partial charge in [0.1, 0.15) is 0 Å². The fourth-order valence-corrected chi connectivity index (χ4v) is 4.83. The number of hydrogen-bond acceptors (Lipinski definition) is 4. The van der Waals surface area contributed by atoms with Crippen LogP contribution in [0.1, 0.15) is 28.2 Å². The van der Waals surface area contributed by atoms with Gasteiger partial charge in [-0.25, -0.2) is 14.8 Å². The number of alkyl halides is 3. The lowest BCUT2D eigenvalue weighted by Crippen LogP contribution is -2.37.